The molecule has 28 heavy (non-hydrogen) atoms. The van der Waals surface area contributed by atoms with E-state index in [0.29, 0.717) is 24.3 Å². The van der Waals surface area contributed by atoms with Crippen molar-refractivity contribution in [1.29, 1.82) is 0 Å². The lowest BCUT2D eigenvalue weighted by molar-refractivity contribution is -0.153. The standard InChI is InChI=1S/C24H32N2O2/c1-15-12-16(14-25-13-15)18-5-6-19-17-4-7-21-24(3,11-9-22(27)28-26-21)20(17)8-10-23(18,19)2/h5,12-14,17,19-21,26H,4,6-11H2,1-3H3. The molecule has 1 saturated heterocycles. The van der Waals surface area contributed by atoms with Gasteiger partial charge in [-0.25, -0.2) is 0 Å². The topological polar surface area (TPSA) is 51.2 Å². The van der Waals surface area contributed by atoms with Gasteiger partial charge in [0.25, 0.3) is 0 Å². The maximum atomic E-state index is 11.9. The molecule has 2 saturated carbocycles. The van der Waals surface area contributed by atoms with Gasteiger partial charge in [-0.1, -0.05) is 19.9 Å². The molecule has 0 bridgehead atoms. The van der Waals surface area contributed by atoms with Crippen molar-refractivity contribution in [2.24, 2.45) is 28.6 Å². The van der Waals surface area contributed by atoms with E-state index in [0.717, 1.165) is 18.8 Å². The van der Waals surface area contributed by atoms with Crippen LogP contribution in [0, 0.1) is 35.5 Å². The largest absolute Gasteiger partial charge is 0.370 e. The van der Waals surface area contributed by atoms with Crippen LogP contribution in [-0.4, -0.2) is 17.0 Å². The summed E-state index contributed by atoms with van der Waals surface area (Å²) in [5.74, 6) is 2.03. The molecule has 0 radical (unpaired) electrons. The van der Waals surface area contributed by atoms with Crippen molar-refractivity contribution < 1.29 is 9.63 Å². The Hall–Kier alpha value is -1.68. The number of pyridine rings is 1. The number of allylic oxidation sites excluding steroid dienone is 2. The normalized spacial score (nSPS) is 42.5. The quantitative estimate of drug-likeness (QED) is 0.758. The molecule has 150 valence electrons. The van der Waals surface area contributed by atoms with Crippen LogP contribution >= 0.6 is 0 Å². The van der Waals surface area contributed by atoms with Gasteiger partial charge in [0, 0.05) is 24.9 Å². The van der Waals surface area contributed by atoms with Crippen LogP contribution in [0.15, 0.2) is 24.5 Å². The number of carbonyl (C=O) groups excluding carboxylic acids is 1. The molecule has 1 aromatic heterocycles. The second-order valence-electron chi connectivity index (χ2n) is 10.2. The van der Waals surface area contributed by atoms with Gasteiger partial charge in [0.1, 0.15) is 0 Å². The van der Waals surface area contributed by atoms with E-state index in [2.05, 4.69) is 49.6 Å². The Morgan fingerprint density at radius 1 is 1.14 bits per heavy atom. The Kier molecular flexibility index (Phi) is 4.20. The average molecular weight is 381 g/mol. The third-order valence-corrected chi connectivity index (χ3v) is 8.82. The molecule has 5 rings (SSSR count). The van der Waals surface area contributed by atoms with Crippen LogP contribution in [0.3, 0.4) is 0 Å². The molecule has 0 amide bonds. The van der Waals surface area contributed by atoms with Crippen molar-refractivity contribution in [1.82, 2.24) is 10.5 Å². The lowest BCUT2D eigenvalue weighted by atomic mass is 9.47. The highest BCUT2D eigenvalue weighted by atomic mass is 16.7. The fourth-order valence-electron chi connectivity index (χ4n) is 7.29. The Labute approximate surface area is 168 Å². The van der Waals surface area contributed by atoms with Gasteiger partial charge in [0.05, 0.1) is 0 Å². The summed E-state index contributed by atoms with van der Waals surface area (Å²) in [4.78, 5) is 21.7. The van der Waals surface area contributed by atoms with Crippen molar-refractivity contribution in [3.05, 3.63) is 35.7 Å². The van der Waals surface area contributed by atoms with Crippen LogP contribution in [-0.2, 0) is 9.63 Å². The molecular weight excluding hydrogens is 348 g/mol. The maximum Gasteiger partial charge on any atom is 0.324 e. The molecule has 2 heterocycles. The summed E-state index contributed by atoms with van der Waals surface area (Å²) in [7, 11) is 0. The van der Waals surface area contributed by atoms with Crippen LogP contribution in [0.1, 0.15) is 69.9 Å². The molecule has 0 spiro atoms. The fraction of sp³-hybridized carbons (Fsp3) is 0.667. The highest BCUT2D eigenvalue weighted by Crippen LogP contribution is 2.65. The van der Waals surface area contributed by atoms with E-state index in [-0.39, 0.29) is 16.8 Å². The minimum Gasteiger partial charge on any atom is -0.370 e. The summed E-state index contributed by atoms with van der Waals surface area (Å²) >= 11 is 0. The molecule has 3 fully saturated rings. The predicted molar refractivity (Wildman–Crippen MR) is 109 cm³/mol. The number of aromatic nitrogens is 1. The predicted octanol–water partition coefficient (Wildman–Crippen LogP) is 4.84. The fourth-order valence-corrected chi connectivity index (χ4v) is 7.29. The molecular formula is C24H32N2O2. The average Bonchev–Trinajstić information content (AvgIpc) is 2.95. The molecule has 4 aliphatic rings. The number of fused-ring (bicyclic) bond motifs is 5. The lowest BCUT2D eigenvalue weighted by Gasteiger charge is -2.58. The molecule has 3 aliphatic carbocycles. The summed E-state index contributed by atoms with van der Waals surface area (Å²) < 4.78 is 0. The van der Waals surface area contributed by atoms with E-state index in [1.807, 2.05) is 6.20 Å². The molecule has 1 aliphatic heterocycles. The van der Waals surface area contributed by atoms with Gasteiger partial charge < -0.3 is 4.84 Å². The van der Waals surface area contributed by atoms with E-state index in [9.17, 15) is 4.79 Å². The first-order valence-corrected chi connectivity index (χ1v) is 11.0. The summed E-state index contributed by atoms with van der Waals surface area (Å²) in [6.07, 6.45) is 14.0. The highest BCUT2D eigenvalue weighted by Gasteiger charge is 2.58. The number of rotatable bonds is 1. The number of nitrogens with one attached hydrogen (secondary N) is 1. The Bertz CT molecular complexity index is 834. The van der Waals surface area contributed by atoms with Crippen molar-refractivity contribution in [3.63, 3.8) is 0 Å². The second-order valence-corrected chi connectivity index (χ2v) is 10.2. The zero-order chi connectivity index (χ0) is 19.5. The number of hydrogen-bond acceptors (Lipinski definition) is 4. The van der Waals surface area contributed by atoms with E-state index in [4.69, 9.17) is 4.84 Å². The summed E-state index contributed by atoms with van der Waals surface area (Å²) in [5, 5.41) is 0. The Morgan fingerprint density at radius 2 is 2.00 bits per heavy atom. The first kappa shape index (κ1) is 18.4. The summed E-state index contributed by atoms with van der Waals surface area (Å²) in [6, 6.07) is 2.61. The number of carbonyl (C=O) groups is 1. The van der Waals surface area contributed by atoms with Crippen molar-refractivity contribution in [2.45, 2.75) is 71.8 Å². The van der Waals surface area contributed by atoms with Crippen molar-refractivity contribution >= 4 is 11.5 Å². The molecule has 1 N–H and O–H groups in total. The first-order chi connectivity index (χ1) is 13.4. The van der Waals surface area contributed by atoms with Crippen LogP contribution in [0.5, 0.6) is 0 Å². The monoisotopic (exact) mass is 380 g/mol. The molecule has 1 aromatic rings. The highest BCUT2D eigenvalue weighted by molar-refractivity contribution is 5.73. The zero-order valence-electron chi connectivity index (χ0n) is 17.3. The Morgan fingerprint density at radius 3 is 2.82 bits per heavy atom. The van der Waals surface area contributed by atoms with Gasteiger partial charge >= 0.3 is 5.97 Å². The van der Waals surface area contributed by atoms with Gasteiger partial charge in [0.2, 0.25) is 0 Å². The number of hydrogen-bond donors (Lipinski definition) is 1. The zero-order valence-corrected chi connectivity index (χ0v) is 17.3. The molecule has 0 aromatic carbocycles. The molecule has 4 heteroatoms. The van der Waals surface area contributed by atoms with E-state index < -0.39 is 0 Å². The number of hydroxylamine groups is 1. The van der Waals surface area contributed by atoms with Gasteiger partial charge in [-0.15, -0.1) is 5.48 Å². The van der Waals surface area contributed by atoms with Crippen LogP contribution in [0.25, 0.3) is 5.57 Å². The number of aryl methyl sites for hydroxylation is 1. The van der Waals surface area contributed by atoms with E-state index >= 15 is 0 Å². The van der Waals surface area contributed by atoms with Gasteiger partial charge in [-0.2, -0.15) is 0 Å². The third kappa shape index (κ3) is 2.60. The lowest BCUT2D eigenvalue weighted by Crippen LogP contribution is -2.56. The van der Waals surface area contributed by atoms with Crippen LogP contribution < -0.4 is 5.48 Å². The second kappa shape index (κ2) is 6.41. The van der Waals surface area contributed by atoms with Crippen LogP contribution in [0.4, 0.5) is 0 Å². The number of nitrogens with zero attached hydrogens (tertiary/aromatic N) is 1. The van der Waals surface area contributed by atoms with Gasteiger partial charge in [-0.3, -0.25) is 9.78 Å². The Balaban J connectivity index is 1.45. The first-order valence-electron chi connectivity index (χ1n) is 11.0. The smallest absolute Gasteiger partial charge is 0.324 e. The van der Waals surface area contributed by atoms with Crippen LogP contribution in [0.2, 0.25) is 0 Å². The van der Waals surface area contributed by atoms with Crippen molar-refractivity contribution in [2.75, 3.05) is 0 Å². The molecule has 6 unspecified atom stereocenters. The van der Waals surface area contributed by atoms with Gasteiger partial charge in [0.15, 0.2) is 0 Å². The van der Waals surface area contributed by atoms with Crippen molar-refractivity contribution in [3.8, 4) is 0 Å². The molecule has 4 nitrogen and oxygen atoms in total. The molecule has 6 atom stereocenters. The van der Waals surface area contributed by atoms with Gasteiger partial charge in [-0.05, 0) is 96.8 Å². The minimum atomic E-state index is -0.0930. The SMILES string of the molecule is Cc1cncc(C2=CCC3C4CCC5NOC(=O)CCC5(C)C4CCC23C)c1. The van der Waals surface area contributed by atoms with E-state index in [1.165, 1.54) is 42.4 Å². The van der Waals surface area contributed by atoms with E-state index in [1.54, 1.807) is 0 Å². The minimum absolute atomic E-state index is 0.0930. The third-order valence-electron chi connectivity index (χ3n) is 8.82. The summed E-state index contributed by atoms with van der Waals surface area (Å²) in [6.45, 7) is 7.05. The summed E-state index contributed by atoms with van der Waals surface area (Å²) in [5.41, 5.74) is 7.64. The maximum absolute atomic E-state index is 11.9.